The van der Waals surface area contributed by atoms with E-state index in [4.69, 9.17) is 0 Å². The summed E-state index contributed by atoms with van der Waals surface area (Å²) in [5.41, 5.74) is 6.36. The summed E-state index contributed by atoms with van der Waals surface area (Å²) in [6.07, 6.45) is 9.21. The highest BCUT2D eigenvalue weighted by molar-refractivity contribution is 5.77. The molecular formula is C21H17FN4. The summed E-state index contributed by atoms with van der Waals surface area (Å²) in [6.45, 7) is 4.15. The van der Waals surface area contributed by atoms with Crippen molar-refractivity contribution in [2.75, 3.05) is 0 Å². The highest BCUT2D eigenvalue weighted by Gasteiger charge is 2.09. The average Bonchev–Trinajstić information content (AvgIpc) is 2.94. The predicted molar refractivity (Wildman–Crippen MR) is 101 cm³/mol. The maximum atomic E-state index is 13.2. The van der Waals surface area contributed by atoms with E-state index in [0.29, 0.717) is 11.0 Å². The van der Waals surface area contributed by atoms with Gasteiger partial charge < -0.3 is 4.57 Å². The van der Waals surface area contributed by atoms with E-state index in [-0.39, 0.29) is 5.82 Å². The van der Waals surface area contributed by atoms with Crippen molar-refractivity contribution in [3.63, 3.8) is 0 Å². The first-order valence-electron chi connectivity index (χ1n) is 8.31. The number of benzene rings is 1. The van der Waals surface area contributed by atoms with Crippen LogP contribution in [-0.4, -0.2) is 19.5 Å². The number of nitrogens with zero attached hydrogens (tertiary/aromatic N) is 4. The fourth-order valence-corrected chi connectivity index (χ4v) is 3.09. The zero-order chi connectivity index (χ0) is 18.1. The Morgan fingerprint density at radius 2 is 1.88 bits per heavy atom. The van der Waals surface area contributed by atoms with Crippen LogP contribution in [0.25, 0.3) is 28.9 Å². The van der Waals surface area contributed by atoms with E-state index in [9.17, 15) is 4.39 Å². The molecule has 4 aromatic rings. The Morgan fingerprint density at radius 1 is 1.00 bits per heavy atom. The van der Waals surface area contributed by atoms with Crippen LogP contribution >= 0.6 is 0 Å². The minimum atomic E-state index is -0.307. The third-order valence-corrected chi connectivity index (χ3v) is 4.33. The van der Waals surface area contributed by atoms with Crippen LogP contribution in [-0.2, 0) is 0 Å². The lowest BCUT2D eigenvalue weighted by molar-refractivity contribution is 0.629. The standard InChI is InChI=1S/C21H17FN4/c1-14-10-16(15(2)26(14)19-4-3-9-23-13-19)5-7-18-12-24-21-11-17(22)6-8-20(21)25-18/h3-13H,1-2H3. The van der Waals surface area contributed by atoms with E-state index in [1.165, 1.54) is 12.1 Å². The molecule has 0 saturated carbocycles. The molecule has 128 valence electrons. The summed E-state index contributed by atoms with van der Waals surface area (Å²) in [5, 5.41) is 0. The lowest BCUT2D eigenvalue weighted by Crippen LogP contribution is -1.99. The highest BCUT2D eigenvalue weighted by Crippen LogP contribution is 2.22. The molecule has 0 N–H and O–H groups in total. The zero-order valence-corrected chi connectivity index (χ0v) is 14.5. The van der Waals surface area contributed by atoms with Gasteiger partial charge >= 0.3 is 0 Å². The van der Waals surface area contributed by atoms with Crippen molar-refractivity contribution in [1.29, 1.82) is 0 Å². The predicted octanol–water partition coefficient (Wildman–Crippen LogP) is 4.74. The van der Waals surface area contributed by atoms with Gasteiger partial charge in [0.2, 0.25) is 0 Å². The van der Waals surface area contributed by atoms with Gasteiger partial charge in [-0.2, -0.15) is 0 Å². The molecule has 26 heavy (non-hydrogen) atoms. The Morgan fingerprint density at radius 3 is 2.69 bits per heavy atom. The van der Waals surface area contributed by atoms with Gasteiger partial charge in [0.25, 0.3) is 0 Å². The molecule has 0 saturated heterocycles. The number of halogens is 1. The first kappa shape index (κ1) is 16.1. The summed E-state index contributed by atoms with van der Waals surface area (Å²) < 4.78 is 15.4. The van der Waals surface area contributed by atoms with E-state index in [1.807, 2.05) is 30.5 Å². The Balaban J connectivity index is 1.68. The molecule has 0 aliphatic heterocycles. The zero-order valence-electron chi connectivity index (χ0n) is 14.5. The number of aryl methyl sites for hydroxylation is 1. The van der Waals surface area contributed by atoms with E-state index >= 15 is 0 Å². The quantitative estimate of drug-likeness (QED) is 0.539. The topological polar surface area (TPSA) is 43.6 Å². The van der Waals surface area contributed by atoms with Crippen LogP contribution in [0.15, 0.2) is 55.0 Å². The van der Waals surface area contributed by atoms with Crippen molar-refractivity contribution in [3.8, 4) is 5.69 Å². The smallest absolute Gasteiger partial charge is 0.125 e. The molecule has 0 bridgehead atoms. The monoisotopic (exact) mass is 344 g/mol. The van der Waals surface area contributed by atoms with Gasteiger partial charge in [0.15, 0.2) is 0 Å². The maximum absolute atomic E-state index is 13.2. The summed E-state index contributed by atoms with van der Waals surface area (Å²) >= 11 is 0. The van der Waals surface area contributed by atoms with E-state index in [0.717, 1.165) is 28.3 Å². The molecule has 3 aromatic heterocycles. The summed E-state index contributed by atoms with van der Waals surface area (Å²) in [7, 11) is 0. The van der Waals surface area contributed by atoms with Crippen LogP contribution in [0.3, 0.4) is 0 Å². The minimum Gasteiger partial charge on any atom is -0.316 e. The second-order valence-corrected chi connectivity index (χ2v) is 6.13. The van der Waals surface area contributed by atoms with E-state index in [1.54, 1.807) is 18.5 Å². The molecule has 0 fully saturated rings. The van der Waals surface area contributed by atoms with Gasteiger partial charge in [0, 0.05) is 23.7 Å². The highest BCUT2D eigenvalue weighted by atomic mass is 19.1. The minimum absolute atomic E-state index is 0.307. The third kappa shape index (κ3) is 2.99. The Kier molecular flexibility index (Phi) is 4.05. The first-order chi connectivity index (χ1) is 12.6. The van der Waals surface area contributed by atoms with Gasteiger partial charge in [-0.25, -0.2) is 9.37 Å². The fraction of sp³-hybridized carbons (Fsp3) is 0.0952. The molecule has 0 aliphatic carbocycles. The van der Waals surface area contributed by atoms with Gasteiger partial charge in [-0.3, -0.25) is 9.97 Å². The van der Waals surface area contributed by atoms with Crippen molar-refractivity contribution in [3.05, 3.63) is 83.5 Å². The van der Waals surface area contributed by atoms with Crippen LogP contribution in [0.1, 0.15) is 22.6 Å². The lowest BCUT2D eigenvalue weighted by atomic mass is 10.2. The number of fused-ring (bicyclic) bond motifs is 1. The molecule has 0 radical (unpaired) electrons. The second kappa shape index (κ2) is 6.52. The van der Waals surface area contributed by atoms with E-state index in [2.05, 4.69) is 39.4 Å². The second-order valence-electron chi connectivity index (χ2n) is 6.13. The van der Waals surface area contributed by atoms with E-state index < -0.39 is 0 Å². The van der Waals surface area contributed by atoms with Crippen molar-refractivity contribution in [2.45, 2.75) is 13.8 Å². The van der Waals surface area contributed by atoms with Crippen LogP contribution in [0.4, 0.5) is 4.39 Å². The van der Waals surface area contributed by atoms with Crippen LogP contribution in [0.2, 0.25) is 0 Å². The van der Waals surface area contributed by atoms with Crippen molar-refractivity contribution in [1.82, 2.24) is 19.5 Å². The van der Waals surface area contributed by atoms with Gasteiger partial charge in [-0.05, 0) is 55.8 Å². The maximum Gasteiger partial charge on any atom is 0.125 e. The molecule has 0 amide bonds. The molecule has 0 unspecified atom stereocenters. The van der Waals surface area contributed by atoms with Crippen molar-refractivity contribution < 1.29 is 4.39 Å². The number of hydrogen-bond acceptors (Lipinski definition) is 3. The summed E-state index contributed by atoms with van der Waals surface area (Å²) in [6, 6.07) is 10.5. The van der Waals surface area contributed by atoms with Gasteiger partial charge in [0.1, 0.15) is 5.82 Å². The normalized spacial score (nSPS) is 11.5. The molecule has 4 rings (SSSR count). The largest absolute Gasteiger partial charge is 0.316 e. The molecule has 0 spiro atoms. The van der Waals surface area contributed by atoms with Crippen LogP contribution in [0, 0.1) is 19.7 Å². The molecule has 1 aromatic carbocycles. The van der Waals surface area contributed by atoms with Crippen LogP contribution < -0.4 is 0 Å². The number of aromatic nitrogens is 4. The summed E-state index contributed by atoms with van der Waals surface area (Å²) in [5.74, 6) is -0.307. The lowest BCUT2D eigenvalue weighted by Gasteiger charge is -2.08. The first-order valence-corrected chi connectivity index (χ1v) is 8.31. The van der Waals surface area contributed by atoms with Crippen molar-refractivity contribution in [2.24, 2.45) is 0 Å². The molecule has 4 nitrogen and oxygen atoms in total. The van der Waals surface area contributed by atoms with Gasteiger partial charge in [-0.15, -0.1) is 0 Å². The van der Waals surface area contributed by atoms with Crippen LogP contribution in [0.5, 0.6) is 0 Å². The third-order valence-electron chi connectivity index (χ3n) is 4.33. The molecule has 3 heterocycles. The molecule has 0 aliphatic rings. The molecule has 0 atom stereocenters. The average molecular weight is 344 g/mol. The Bertz CT molecular complexity index is 1110. The SMILES string of the molecule is Cc1cc(C=Cc2cnc3cc(F)ccc3n2)c(C)n1-c1cccnc1. The van der Waals surface area contributed by atoms with Gasteiger partial charge in [-0.1, -0.05) is 6.08 Å². The Labute approximate surface area is 150 Å². The summed E-state index contributed by atoms with van der Waals surface area (Å²) in [4.78, 5) is 13.0. The molecule has 5 heteroatoms. The van der Waals surface area contributed by atoms with Crippen molar-refractivity contribution >= 4 is 23.2 Å². The Hall–Kier alpha value is -3.34. The number of pyridine rings is 1. The number of rotatable bonds is 3. The fourth-order valence-electron chi connectivity index (χ4n) is 3.09. The van der Waals surface area contributed by atoms with Gasteiger partial charge in [0.05, 0.1) is 34.8 Å². The number of hydrogen-bond donors (Lipinski definition) is 0. The molecular weight excluding hydrogens is 327 g/mol.